The van der Waals surface area contributed by atoms with E-state index in [1.807, 2.05) is 18.2 Å². The Morgan fingerprint density at radius 2 is 2.04 bits per heavy atom. The van der Waals surface area contributed by atoms with Gasteiger partial charge in [0.25, 0.3) is 11.6 Å². The maximum atomic E-state index is 12.1. The lowest BCUT2D eigenvalue weighted by molar-refractivity contribution is -0.385. The lowest BCUT2D eigenvalue weighted by Gasteiger charge is -2.26. The van der Waals surface area contributed by atoms with Crippen LogP contribution in [-0.2, 0) is 16.1 Å². The molecule has 1 amide bonds. The van der Waals surface area contributed by atoms with E-state index in [1.54, 1.807) is 18.2 Å². The third-order valence-electron chi connectivity index (χ3n) is 4.30. The molecule has 0 saturated heterocycles. The molecule has 2 aromatic carbocycles. The fourth-order valence-corrected chi connectivity index (χ4v) is 3.09. The van der Waals surface area contributed by atoms with Gasteiger partial charge in [-0.15, -0.1) is 0 Å². The van der Waals surface area contributed by atoms with Crippen LogP contribution in [-0.4, -0.2) is 23.7 Å². The Balaban J connectivity index is 1.54. The summed E-state index contributed by atoms with van der Waals surface area (Å²) in [7, 11) is 0. The van der Waals surface area contributed by atoms with Crippen LogP contribution in [0.4, 0.5) is 5.69 Å². The van der Waals surface area contributed by atoms with Crippen LogP contribution in [0.3, 0.4) is 0 Å². The standard InChI is InChI=1S/C19H19N3O4/c23-19(21-17-10-5-8-14-6-1-3-9-16(14)17)13-26-20-12-15-7-2-4-11-18(15)22(24)25/h1-4,6-7,9,11-12,17H,5,8,10,13H2,(H,21,23)/b20-12+. The number of benzene rings is 2. The van der Waals surface area contributed by atoms with Gasteiger partial charge in [-0.3, -0.25) is 14.9 Å². The summed E-state index contributed by atoms with van der Waals surface area (Å²) in [5.41, 5.74) is 2.66. The SMILES string of the molecule is O=C(CO/N=C/c1ccccc1[N+](=O)[O-])NC1CCCc2ccccc21. The minimum atomic E-state index is -0.491. The minimum absolute atomic E-state index is 0.0183. The first-order valence-electron chi connectivity index (χ1n) is 8.41. The van der Waals surface area contributed by atoms with Gasteiger partial charge in [-0.25, -0.2) is 0 Å². The van der Waals surface area contributed by atoms with Crippen LogP contribution in [0.1, 0.15) is 35.6 Å². The number of nitrogens with zero attached hydrogens (tertiary/aromatic N) is 2. The molecule has 0 aromatic heterocycles. The molecular formula is C19H19N3O4. The molecule has 3 rings (SSSR count). The maximum absolute atomic E-state index is 12.1. The van der Waals surface area contributed by atoms with Gasteiger partial charge in [0.2, 0.25) is 0 Å². The van der Waals surface area contributed by atoms with Gasteiger partial charge >= 0.3 is 0 Å². The van der Waals surface area contributed by atoms with Crippen LogP contribution in [0.25, 0.3) is 0 Å². The molecule has 2 aromatic rings. The number of nitrogens with one attached hydrogen (secondary N) is 1. The summed E-state index contributed by atoms with van der Waals surface area (Å²) in [5.74, 6) is -0.272. The van der Waals surface area contributed by atoms with Crippen molar-refractivity contribution in [2.45, 2.75) is 25.3 Å². The highest BCUT2D eigenvalue weighted by Gasteiger charge is 2.21. The summed E-state index contributed by atoms with van der Waals surface area (Å²) in [6, 6.07) is 14.3. The third-order valence-corrected chi connectivity index (χ3v) is 4.30. The van der Waals surface area contributed by atoms with Gasteiger partial charge in [-0.05, 0) is 36.5 Å². The van der Waals surface area contributed by atoms with E-state index in [1.165, 1.54) is 17.8 Å². The average Bonchev–Trinajstić information content (AvgIpc) is 2.66. The molecule has 1 atom stereocenters. The molecular weight excluding hydrogens is 334 g/mol. The Labute approximate surface area is 150 Å². The smallest absolute Gasteiger partial charge is 0.278 e. The van der Waals surface area contributed by atoms with E-state index in [9.17, 15) is 14.9 Å². The predicted molar refractivity (Wildman–Crippen MR) is 96.9 cm³/mol. The zero-order chi connectivity index (χ0) is 18.4. The van der Waals surface area contributed by atoms with Gasteiger partial charge in [0.05, 0.1) is 22.7 Å². The van der Waals surface area contributed by atoms with Crippen molar-refractivity contribution in [1.82, 2.24) is 5.32 Å². The van der Waals surface area contributed by atoms with Crippen LogP contribution in [0.5, 0.6) is 0 Å². The monoisotopic (exact) mass is 353 g/mol. The second-order valence-electron chi connectivity index (χ2n) is 6.04. The summed E-state index contributed by atoms with van der Waals surface area (Å²) in [4.78, 5) is 27.5. The summed E-state index contributed by atoms with van der Waals surface area (Å²) < 4.78 is 0. The van der Waals surface area contributed by atoms with E-state index in [0.29, 0.717) is 5.56 Å². The fraction of sp³-hybridized carbons (Fsp3) is 0.263. The van der Waals surface area contributed by atoms with Crippen molar-refractivity contribution in [3.05, 3.63) is 75.3 Å². The molecule has 0 bridgehead atoms. The summed E-state index contributed by atoms with van der Waals surface area (Å²) >= 11 is 0. The third kappa shape index (κ3) is 4.24. The van der Waals surface area contributed by atoms with Gasteiger partial charge in [0, 0.05) is 6.07 Å². The van der Waals surface area contributed by atoms with Gasteiger partial charge in [0.15, 0.2) is 6.61 Å². The number of oxime groups is 1. The predicted octanol–water partition coefficient (Wildman–Crippen LogP) is 3.14. The van der Waals surface area contributed by atoms with E-state index in [2.05, 4.69) is 16.5 Å². The number of carbonyl (C=O) groups excluding carboxylic acids is 1. The molecule has 7 heteroatoms. The zero-order valence-electron chi connectivity index (χ0n) is 14.1. The normalized spacial score (nSPS) is 16.1. The lowest BCUT2D eigenvalue weighted by atomic mass is 9.88. The van der Waals surface area contributed by atoms with Crippen molar-refractivity contribution in [2.75, 3.05) is 6.61 Å². The first-order chi connectivity index (χ1) is 12.6. The zero-order valence-corrected chi connectivity index (χ0v) is 14.1. The molecule has 0 heterocycles. The second kappa shape index (κ2) is 8.24. The first kappa shape index (κ1) is 17.6. The summed E-state index contributed by atoms with van der Waals surface area (Å²) in [6.45, 7) is -0.240. The molecule has 1 aliphatic rings. The molecule has 1 N–H and O–H groups in total. The number of nitro benzene ring substituents is 1. The molecule has 26 heavy (non-hydrogen) atoms. The Bertz CT molecular complexity index is 835. The number of hydrogen-bond acceptors (Lipinski definition) is 5. The number of para-hydroxylation sites is 1. The molecule has 0 saturated carbocycles. The molecule has 1 aliphatic carbocycles. The summed E-state index contributed by atoms with van der Waals surface area (Å²) in [5, 5.41) is 17.6. The van der Waals surface area contributed by atoms with Crippen LogP contribution < -0.4 is 5.32 Å². The van der Waals surface area contributed by atoms with Gasteiger partial charge in [-0.2, -0.15) is 0 Å². The van der Waals surface area contributed by atoms with Crippen LogP contribution in [0.15, 0.2) is 53.7 Å². The number of carbonyl (C=O) groups is 1. The molecule has 0 radical (unpaired) electrons. The van der Waals surface area contributed by atoms with Gasteiger partial charge in [0.1, 0.15) is 0 Å². The Hall–Kier alpha value is -3.22. The van der Waals surface area contributed by atoms with Gasteiger partial charge in [-0.1, -0.05) is 41.6 Å². The molecule has 0 aliphatic heterocycles. The molecule has 0 fully saturated rings. The summed E-state index contributed by atoms with van der Waals surface area (Å²) in [6.07, 6.45) is 4.18. The number of amides is 1. The Morgan fingerprint density at radius 3 is 2.88 bits per heavy atom. The van der Waals surface area contributed by atoms with E-state index in [0.717, 1.165) is 24.8 Å². The molecule has 7 nitrogen and oxygen atoms in total. The van der Waals surface area contributed by atoms with E-state index >= 15 is 0 Å². The van der Waals surface area contributed by atoms with Crippen molar-refractivity contribution in [2.24, 2.45) is 5.16 Å². The van der Waals surface area contributed by atoms with Gasteiger partial charge < -0.3 is 10.2 Å². The fourth-order valence-electron chi connectivity index (χ4n) is 3.09. The maximum Gasteiger partial charge on any atom is 0.278 e. The highest BCUT2D eigenvalue weighted by Crippen LogP contribution is 2.29. The van der Waals surface area contributed by atoms with Crippen molar-refractivity contribution in [1.29, 1.82) is 0 Å². The van der Waals surface area contributed by atoms with E-state index in [4.69, 9.17) is 4.84 Å². The quantitative estimate of drug-likeness (QED) is 0.490. The molecule has 1 unspecified atom stereocenters. The minimum Gasteiger partial charge on any atom is -0.386 e. The highest BCUT2D eigenvalue weighted by atomic mass is 16.6. The van der Waals surface area contributed by atoms with Crippen molar-refractivity contribution in [3.8, 4) is 0 Å². The van der Waals surface area contributed by atoms with Crippen LogP contribution in [0.2, 0.25) is 0 Å². The first-order valence-corrected chi connectivity index (χ1v) is 8.41. The number of aryl methyl sites for hydroxylation is 1. The molecule has 134 valence electrons. The Morgan fingerprint density at radius 1 is 1.27 bits per heavy atom. The number of nitro groups is 1. The largest absolute Gasteiger partial charge is 0.386 e. The van der Waals surface area contributed by atoms with Crippen molar-refractivity contribution >= 4 is 17.8 Å². The number of hydrogen-bond donors (Lipinski definition) is 1. The highest BCUT2D eigenvalue weighted by molar-refractivity contribution is 5.85. The lowest BCUT2D eigenvalue weighted by Crippen LogP contribution is -2.33. The van der Waals surface area contributed by atoms with E-state index < -0.39 is 4.92 Å². The topological polar surface area (TPSA) is 93.8 Å². The number of fused-ring (bicyclic) bond motifs is 1. The van der Waals surface area contributed by atoms with Crippen molar-refractivity contribution < 1.29 is 14.6 Å². The molecule has 0 spiro atoms. The van der Waals surface area contributed by atoms with Crippen molar-refractivity contribution in [3.63, 3.8) is 0 Å². The van der Waals surface area contributed by atoms with Crippen LogP contribution >= 0.6 is 0 Å². The Kier molecular flexibility index (Phi) is 5.58. The number of rotatable bonds is 6. The van der Waals surface area contributed by atoms with Crippen LogP contribution in [0, 0.1) is 10.1 Å². The average molecular weight is 353 g/mol. The second-order valence-corrected chi connectivity index (χ2v) is 6.04. The van der Waals surface area contributed by atoms with E-state index in [-0.39, 0.29) is 24.2 Å².